The van der Waals surface area contributed by atoms with Crippen LogP contribution in [0.3, 0.4) is 0 Å². The summed E-state index contributed by atoms with van der Waals surface area (Å²) in [6.07, 6.45) is 13.4. The SMILES string of the molecule is CCCC1CCC(C2CCCCC2O)CC1. The Hall–Kier alpha value is -0.0400. The lowest BCUT2D eigenvalue weighted by Gasteiger charge is -2.38. The molecule has 1 nitrogen and oxygen atoms in total. The molecule has 2 unspecified atom stereocenters. The van der Waals surface area contributed by atoms with Crippen LogP contribution in [-0.4, -0.2) is 11.2 Å². The summed E-state index contributed by atoms with van der Waals surface area (Å²) in [5.41, 5.74) is 0. The maximum Gasteiger partial charge on any atom is 0.0571 e. The number of hydrogen-bond donors (Lipinski definition) is 1. The average molecular weight is 224 g/mol. The van der Waals surface area contributed by atoms with E-state index >= 15 is 0 Å². The molecular formula is C15H28O. The molecule has 0 saturated heterocycles. The molecule has 94 valence electrons. The second kappa shape index (κ2) is 6.05. The Bertz CT molecular complexity index is 194. The molecule has 0 radical (unpaired) electrons. The van der Waals surface area contributed by atoms with Crippen LogP contribution in [0.2, 0.25) is 0 Å². The highest BCUT2D eigenvalue weighted by atomic mass is 16.3. The van der Waals surface area contributed by atoms with Crippen LogP contribution >= 0.6 is 0 Å². The van der Waals surface area contributed by atoms with Crippen molar-refractivity contribution in [2.24, 2.45) is 17.8 Å². The summed E-state index contributed by atoms with van der Waals surface area (Å²) in [5, 5.41) is 10.1. The predicted molar refractivity (Wildman–Crippen MR) is 68.3 cm³/mol. The van der Waals surface area contributed by atoms with Gasteiger partial charge < -0.3 is 5.11 Å². The van der Waals surface area contributed by atoms with Crippen LogP contribution in [0.1, 0.15) is 71.1 Å². The molecule has 0 aliphatic heterocycles. The Morgan fingerprint density at radius 2 is 1.62 bits per heavy atom. The van der Waals surface area contributed by atoms with Crippen LogP contribution in [0.25, 0.3) is 0 Å². The molecule has 2 atom stereocenters. The molecule has 0 aromatic rings. The maximum atomic E-state index is 10.1. The van der Waals surface area contributed by atoms with Crippen LogP contribution in [0.15, 0.2) is 0 Å². The summed E-state index contributed by atoms with van der Waals surface area (Å²) in [6, 6.07) is 0. The summed E-state index contributed by atoms with van der Waals surface area (Å²) >= 11 is 0. The standard InChI is InChI=1S/C15H28O/c1-2-5-12-8-10-13(11-9-12)14-6-3-4-7-15(14)16/h12-16H,2-11H2,1H3. The first-order valence-electron chi connectivity index (χ1n) is 7.49. The monoisotopic (exact) mass is 224 g/mol. The number of aliphatic hydroxyl groups excluding tert-OH is 1. The predicted octanol–water partition coefficient (Wildman–Crippen LogP) is 4.14. The number of hydrogen-bond acceptors (Lipinski definition) is 1. The molecule has 2 fully saturated rings. The maximum absolute atomic E-state index is 10.1. The van der Waals surface area contributed by atoms with E-state index in [0.717, 1.165) is 18.3 Å². The third-order valence-corrected chi connectivity index (χ3v) is 4.98. The first kappa shape index (κ1) is 12.4. The summed E-state index contributed by atoms with van der Waals surface area (Å²) in [4.78, 5) is 0. The Balaban J connectivity index is 1.79. The van der Waals surface area contributed by atoms with Gasteiger partial charge in [0.2, 0.25) is 0 Å². The van der Waals surface area contributed by atoms with Crippen molar-refractivity contribution in [3.05, 3.63) is 0 Å². The van der Waals surface area contributed by atoms with E-state index in [0.29, 0.717) is 5.92 Å². The second-order valence-corrected chi connectivity index (χ2v) is 6.09. The van der Waals surface area contributed by atoms with Crippen molar-refractivity contribution in [3.8, 4) is 0 Å². The van der Waals surface area contributed by atoms with Crippen molar-refractivity contribution in [3.63, 3.8) is 0 Å². The van der Waals surface area contributed by atoms with Gasteiger partial charge in [-0.2, -0.15) is 0 Å². The lowest BCUT2D eigenvalue weighted by molar-refractivity contribution is 0.0202. The zero-order valence-corrected chi connectivity index (χ0v) is 10.8. The summed E-state index contributed by atoms with van der Waals surface area (Å²) in [5.74, 6) is 2.50. The van der Waals surface area contributed by atoms with Crippen molar-refractivity contribution in [2.75, 3.05) is 0 Å². The molecule has 2 aliphatic carbocycles. The smallest absolute Gasteiger partial charge is 0.0571 e. The Morgan fingerprint density at radius 3 is 2.25 bits per heavy atom. The normalized spacial score (nSPS) is 40.9. The molecule has 2 rings (SSSR count). The molecule has 0 spiro atoms. The molecule has 1 N–H and O–H groups in total. The topological polar surface area (TPSA) is 20.2 Å². The fourth-order valence-corrected chi connectivity index (χ4v) is 4.00. The van der Waals surface area contributed by atoms with Crippen LogP contribution in [0, 0.1) is 17.8 Å². The van der Waals surface area contributed by atoms with Gasteiger partial charge in [-0.25, -0.2) is 0 Å². The van der Waals surface area contributed by atoms with Crippen molar-refractivity contribution in [1.82, 2.24) is 0 Å². The third-order valence-electron chi connectivity index (χ3n) is 4.98. The van der Waals surface area contributed by atoms with Crippen LogP contribution in [-0.2, 0) is 0 Å². The van der Waals surface area contributed by atoms with Gasteiger partial charge in [0.15, 0.2) is 0 Å². The van der Waals surface area contributed by atoms with Gasteiger partial charge in [0.05, 0.1) is 6.10 Å². The highest BCUT2D eigenvalue weighted by Gasteiger charge is 2.32. The second-order valence-electron chi connectivity index (χ2n) is 6.09. The lowest BCUT2D eigenvalue weighted by atomic mass is 9.69. The fraction of sp³-hybridized carbons (Fsp3) is 1.00. The molecule has 0 heterocycles. The van der Waals surface area contributed by atoms with E-state index in [1.54, 1.807) is 0 Å². The van der Waals surface area contributed by atoms with E-state index < -0.39 is 0 Å². The number of rotatable bonds is 3. The van der Waals surface area contributed by atoms with Gasteiger partial charge in [-0.15, -0.1) is 0 Å². The molecule has 2 aliphatic rings. The Labute approximate surface area is 101 Å². The Kier molecular flexibility index (Phi) is 4.69. The van der Waals surface area contributed by atoms with Crippen molar-refractivity contribution < 1.29 is 5.11 Å². The molecule has 1 heteroatoms. The van der Waals surface area contributed by atoms with Crippen molar-refractivity contribution in [1.29, 1.82) is 0 Å². The minimum atomic E-state index is 0.0291. The molecule has 16 heavy (non-hydrogen) atoms. The molecule has 0 bridgehead atoms. The third kappa shape index (κ3) is 3.00. The summed E-state index contributed by atoms with van der Waals surface area (Å²) in [6.45, 7) is 2.30. The van der Waals surface area contributed by atoms with Gasteiger partial charge in [-0.1, -0.05) is 45.4 Å². The summed E-state index contributed by atoms with van der Waals surface area (Å²) < 4.78 is 0. The van der Waals surface area contributed by atoms with Gasteiger partial charge in [0.1, 0.15) is 0 Å². The highest BCUT2D eigenvalue weighted by Crippen LogP contribution is 2.40. The zero-order valence-electron chi connectivity index (χ0n) is 10.8. The van der Waals surface area contributed by atoms with Gasteiger partial charge >= 0.3 is 0 Å². The van der Waals surface area contributed by atoms with E-state index in [9.17, 15) is 5.11 Å². The van der Waals surface area contributed by atoms with E-state index in [1.807, 2.05) is 0 Å². The highest BCUT2D eigenvalue weighted by molar-refractivity contribution is 4.84. The first-order valence-corrected chi connectivity index (χ1v) is 7.49. The molecule has 0 amide bonds. The first-order chi connectivity index (χ1) is 7.81. The minimum Gasteiger partial charge on any atom is -0.393 e. The molecule has 0 aromatic carbocycles. The molecular weight excluding hydrogens is 196 g/mol. The summed E-state index contributed by atoms with van der Waals surface area (Å²) in [7, 11) is 0. The molecule has 2 saturated carbocycles. The zero-order chi connectivity index (χ0) is 11.4. The van der Waals surface area contributed by atoms with Gasteiger partial charge in [0, 0.05) is 0 Å². The van der Waals surface area contributed by atoms with E-state index in [4.69, 9.17) is 0 Å². The number of aliphatic hydroxyl groups is 1. The van der Waals surface area contributed by atoms with Gasteiger partial charge in [-0.3, -0.25) is 0 Å². The fourth-order valence-electron chi connectivity index (χ4n) is 4.00. The van der Waals surface area contributed by atoms with Crippen LogP contribution < -0.4 is 0 Å². The van der Waals surface area contributed by atoms with Crippen molar-refractivity contribution in [2.45, 2.75) is 77.2 Å². The van der Waals surface area contributed by atoms with E-state index in [-0.39, 0.29) is 6.10 Å². The van der Waals surface area contributed by atoms with Crippen LogP contribution in [0.5, 0.6) is 0 Å². The lowest BCUT2D eigenvalue weighted by Crippen LogP contribution is -2.33. The van der Waals surface area contributed by atoms with Gasteiger partial charge in [-0.05, 0) is 43.4 Å². The van der Waals surface area contributed by atoms with Crippen LogP contribution in [0.4, 0.5) is 0 Å². The quantitative estimate of drug-likeness (QED) is 0.763. The Morgan fingerprint density at radius 1 is 0.938 bits per heavy atom. The average Bonchev–Trinajstić information content (AvgIpc) is 2.31. The molecule has 0 aromatic heterocycles. The van der Waals surface area contributed by atoms with E-state index in [1.165, 1.54) is 57.8 Å². The van der Waals surface area contributed by atoms with Crippen molar-refractivity contribution >= 4 is 0 Å². The van der Waals surface area contributed by atoms with Gasteiger partial charge in [0.25, 0.3) is 0 Å². The largest absolute Gasteiger partial charge is 0.393 e. The van der Waals surface area contributed by atoms with E-state index in [2.05, 4.69) is 6.92 Å². The minimum absolute atomic E-state index is 0.0291.